The Morgan fingerprint density at radius 2 is 1.60 bits per heavy atom. The molecule has 1 rings (SSSR count). The molecule has 0 aliphatic carbocycles. The summed E-state index contributed by atoms with van der Waals surface area (Å²) in [5.74, 6) is 0.744. The van der Waals surface area contributed by atoms with Gasteiger partial charge in [-0.25, -0.2) is 0 Å². The van der Waals surface area contributed by atoms with Crippen LogP contribution in [0.25, 0.3) is 0 Å². The molecule has 0 radical (unpaired) electrons. The fraction of sp³-hybridized carbons (Fsp3) is 0.625. The lowest BCUT2D eigenvalue weighted by Gasteiger charge is -2.06. The molecule has 0 heterocycles. The first-order valence-corrected chi connectivity index (χ1v) is 8.79. The normalized spacial score (nSPS) is 12.0. The van der Waals surface area contributed by atoms with Crippen molar-refractivity contribution in [2.24, 2.45) is 5.92 Å². The lowest BCUT2D eigenvalue weighted by Crippen LogP contribution is -2.07. The van der Waals surface area contributed by atoms with Gasteiger partial charge in [0.1, 0.15) is 0 Å². The number of rotatable bonds is 9. The summed E-state index contributed by atoms with van der Waals surface area (Å²) < 4.78 is 28.9. The van der Waals surface area contributed by atoms with E-state index in [1.54, 1.807) is 24.3 Å². The van der Waals surface area contributed by atoms with E-state index in [4.69, 9.17) is 4.18 Å². The molecule has 0 saturated carbocycles. The third-order valence-electron chi connectivity index (χ3n) is 3.22. The standard InChI is InChI=1S/C16H26O3S/c1-14(2)8-6-4-5-7-13-19-20(17,18)16-11-9-15(3)10-12-16/h9-12,14H,4-8,13H2,1-3H3. The lowest BCUT2D eigenvalue weighted by atomic mass is 10.0. The van der Waals surface area contributed by atoms with E-state index in [1.165, 1.54) is 12.8 Å². The van der Waals surface area contributed by atoms with Crippen molar-refractivity contribution in [3.63, 3.8) is 0 Å². The van der Waals surface area contributed by atoms with E-state index in [0.717, 1.165) is 30.7 Å². The Hall–Kier alpha value is -0.870. The Kier molecular flexibility index (Phi) is 7.24. The van der Waals surface area contributed by atoms with Crippen molar-refractivity contribution in [1.29, 1.82) is 0 Å². The Morgan fingerprint density at radius 3 is 2.20 bits per heavy atom. The zero-order valence-corrected chi connectivity index (χ0v) is 13.6. The fourth-order valence-corrected chi connectivity index (χ4v) is 2.89. The molecular weight excluding hydrogens is 272 g/mol. The molecule has 1 aromatic carbocycles. The maximum Gasteiger partial charge on any atom is 0.296 e. The smallest absolute Gasteiger partial charge is 0.266 e. The van der Waals surface area contributed by atoms with Crippen LogP contribution in [-0.2, 0) is 14.3 Å². The Bertz CT molecular complexity index is 475. The molecule has 20 heavy (non-hydrogen) atoms. The third kappa shape index (κ3) is 6.53. The van der Waals surface area contributed by atoms with Crippen LogP contribution in [0.5, 0.6) is 0 Å². The van der Waals surface area contributed by atoms with E-state index in [2.05, 4.69) is 13.8 Å². The average Bonchev–Trinajstić information content (AvgIpc) is 2.37. The predicted molar refractivity (Wildman–Crippen MR) is 82.2 cm³/mol. The summed E-state index contributed by atoms with van der Waals surface area (Å²) in [5, 5.41) is 0. The number of hydrogen-bond acceptors (Lipinski definition) is 3. The zero-order chi connectivity index (χ0) is 15.0. The Balaban J connectivity index is 2.25. The lowest BCUT2D eigenvalue weighted by molar-refractivity contribution is 0.305. The number of hydrogen-bond donors (Lipinski definition) is 0. The molecule has 114 valence electrons. The van der Waals surface area contributed by atoms with Gasteiger partial charge in [-0.3, -0.25) is 4.18 Å². The predicted octanol–water partition coefficient (Wildman–Crippen LogP) is 4.31. The first-order valence-electron chi connectivity index (χ1n) is 7.38. The second-order valence-corrected chi connectivity index (χ2v) is 7.30. The maximum absolute atomic E-state index is 11.9. The highest BCUT2D eigenvalue weighted by atomic mass is 32.2. The molecule has 0 bridgehead atoms. The van der Waals surface area contributed by atoms with Gasteiger partial charge >= 0.3 is 0 Å². The van der Waals surface area contributed by atoms with Crippen LogP contribution in [-0.4, -0.2) is 15.0 Å². The van der Waals surface area contributed by atoms with Crippen LogP contribution in [0.3, 0.4) is 0 Å². The molecule has 0 N–H and O–H groups in total. The minimum atomic E-state index is -3.58. The van der Waals surface area contributed by atoms with E-state index >= 15 is 0 Å². The van der Waals surface area contributed by atoms with Gasteiger partial charge in [0.25, 0.3) is 10.1 Å². The van der Waals surface area contributed by atoms with Gasteiger partial charge in [0.15, 0.2) is 0 Å². The first-order chi connectivity index (χ1) is 9.42. The van der Waals surface area contributed by atoms with E-state index < -0.39 is 10.1 Å². The number of aryl methyl sites for hydroxylation is 1. The molecule has 3 nitrogen and oxygen atoms in total. The molecule has 0 amide bonds. The zero-order valence-electron chi connectivity index (χ0n) is 12.8. The number of unbranched alkanes of at least 4 members (excludes halogenated alkanes) is 3. The van der Waals surface area contributed by atoms with E-state index in [1.807, 2.05) is 6.92 Å². The summed E-state index contributed by atoms with van der Waals surface area (Å²) in [6.45, 7) is 6.64. The highest BCUT2D eigenvalue weighted by Gasteiger charge is 2.14. The molecule has 0 unspecified atom stereocenters. The highest BCUT2D eigenvalue weighted by Crippen LogP contribution is 2.14. The maximum atomic E-state index is 11.9. The van der Waals surface area contributed by atoms with Crippen LogP contribution >= 0.6 is 0 Å². The summed E-state index contributed by atoms with van der Waals surface area (Å²) in [6, 6.07) is 6.74. The largest absolute Gasteiger partial charge is 0.296 e. The molecule has 1 aromatic rings. The highest BCUT2D eigenvalue weighted by molar-refractivity contribution is 7.86. The second kappa shape index (κ2) is 8.42. The van der Waals surface area contributed by atoms with Crippen molar-refractivity contribution in [3.8, 4) is 0 Å². The van der Waals surface area contributed by atoms with Crippen LogP contribution < -0.4 is 0 Å². The van der Waals surface area contributed by atoms with E-state index in [9.17, 15) is 8.42 Å². The molecule has 0 saturated heterocycles. The number of benzene rings is 1. The van der Waals surface area contributed by atoms with E-state index in [0.29, 0.717) is 0 Å². The summed E-state index contributed by atoms with van der Waals surface area (Å²) in [6.07, 6.45) is 5.41. The molecule has 0 aliphatic rings. The SMILES string of the molecule is Cc1ccc(S(=O)(=O)OCCCCCCC(C)C)cc1. The fourth-order valence-electron chi connectivity index (χ4n) is 1.95. The van der Waals surface area contributed by atoms with Crippen molar-refractivity contribution < 1.29 is 12.6 Å². The van der Waals surface area contributed by atoms with Crippen molar-refractivity contribution in [1.82, 2.24) is 0 Å². The summed E-state index contributed by atoms with van der Waals surface area (Å²) in [5.41, 5.74) is 1.04. The van der Waals surface area contributed by atoms with Gasteiger partial charge in [-0.2, -0.15) is 8.42 Å². The van der Waals surface area contributed by atoms with Gasteiger partial charge in [0.05, 0.1) is 11.5 Å². The first kappa shape index (κ1) is 17.2. The van der Waals surface area contributed by atoms with Gasteiger partial charge in [-0.05, 0) is 31.4 Å². The Labute approximate surface area is 123 Å². The van der Waals surface area contributed by atoms with E-state index in [-0.39, 0.29) is 11.5 Å². The monoisotopic (exact) mass is 298 g/mol. The second-order valence-electron chi connectivity index (χ2n) is 5.69. The molecule has 0 atom stereocenters. The van der Waals surface area contributed by atoms with Gasteiger partial charge < -0.3 is 0 Å². The minimum absolute atomic E-state index is 0.239. The van der Waals surface area contributed by atoms with Gasteiger partial charge in [-0.15, -0.1) is 0 Å². The van der Waals surface area contributed by atoms with Crippen LogP contribution in [0.1, 0.15) is 51.5 Å². The van der Waals surface area contributed by atoms with Crippen LogP contribution in [0, 0.1) is 12.8 Å². The quantitative estimate of drug-likeness (QED) is 0.504. The minimum Gasteiger partial charge on any atom is -0.266 e. The molecule has 0 aliphatic heterocycles. The topological polar surface area (TPSA) is 43.4 Å². The molecule has 4 heteroatoms. The molecule has 0 fully saturated rings. The third-order valence-corrected chi connectivity index (χ3v) is 4.55. The van der Waals surface area contributed by atoms with Gasteiger partial charge in [0.2, 0.25) is 0 Å². The molecule has 0 aromatic heterocycles. The van der Waals surface area contributed by atoms with Gasteiger partial charge in [-0.1, -0.05) is 57.2 Å². The summed E-state index contributed by atoms with van der Waals surface area (Å²) in [7, 11) is -3.58. The van der Waals surface area contributed by atoms with Crippen molar-refractivity contribution in [2.45, 2.75) is 57.8 Å². The average molecular weight is 298 g/mol. The van der Waals surface area contributed by atoms with Crippen LogP contribution in [0.4, 0.5) is 0 Å². The van der Waals surface area contributed by atoms with Gasteiger partial charge in [0, 0.05) is 0 Å². The molecular formula is C16H26O3S. The van der Waals surface area contributed by atoms with Crippen LogP contribution in [0.2, 0.25) is 0 Å². The molecule has 0 spiro atoms. The Morgan fingerprint density at radius 1 is 1.00 bits per heavy atom. The van der Waals surface area contributed by atoms with Crippen molar-refractivity contribution >= 4 is 10.1 Å². The van der Waals surface area contributed by atoms with Crippen molar-refractivity contribution in [2.75, 3.05) is 6.61 Å². The van der Waals surface area contributed by atoms with Crippen LogP contribution in [0.15, 0.2) is 29.2 Å². The van der Waals surface area contributed by atoms with Crippen molar-refractivity contribution in [3.05, 3.63) is 29.8 Å². The summed E-state index contributed by atoms with van der Waals surface area (Å²) >= 11 is 0. The summed E-state index contributed by atoms with van der Waals surface area (Å²) in [4.78, 5) is 0.239.